The van der Waals surface area contributed by atoms with Crippen molar-refractivity contribution in [2.75, 3.05) is 19.7 Å². The topological polar surface area (TPSA) is 44.3 Å². The van der Waals surface area contributed by atoms with E-state index in [1.54, 1.807) is 0 Å². The largest absolute Gasteiger partial charge is 0.394 e. The van der Waals surface area contributed by atoms with Gasteiger partial charge in [0.1, 0.15) is 0 Å². The van der Waals surface area contributed by atoms with Crippen molar-refractivity contribution in [2.24, 2.45) is 0 Å². The highest BCUT2D eigenvalue weighted by Crippen LogP contribution is 2.12. The van der Waals surface area contributed by atoms with Gasteiger partial charge in [-0.3, -0.25) is 0 Å². The molecule has 1 aromatic carbocycles. The number of aliphatic hydroxyl groups excluding tert-OH is 1. The fraction of sp³-hybridized carbons (Fsp3) is 0.538. The Labute approximate surface area is 96.9 Å². The van der Waals surface area contributed by atoms with Crippen LogP contribution in [-0.2, 0) is 0 Å². The average Bonchev–Trinajstić information content (AvgIpc) is 2.84. The zero-order valence-electron chi connectivity index (χ0n) is 9.52. The van der Waals surface area contributed by atoms with Crippen molar-refractivity contribution in [3.8, 4) is 0 Å². The van der Waals surface area contributed by atoms with Gasteiger partial charge in [-0.25, -0.2) is 0 Å². The highest BCUT2D eigenvalue weighted by Gasteiger charge is 2.16. The molecule has 3 N–H and O–H groups in total. The summed E-state index contributed by atoms with van der Waals surface area (Å²) in [5.41, 5.74) is 1.16. The molecule has 1 aliphatic heterocycles. The average molecular weight is 220 g/mol. The second-order valence-corrected chi connectivity index (χ2v) is 4.35. The van der Waals surface area contributed by atoms with Gasteiger partial charge < -0.3 is 15.7 Å². The van der Waals surface area contributed by atoms with Crippen LogP contribution in [0.1, 0.15) is 24.4 Å². The Hall–Kier alpha value is -0.900. The molecule has 1 saturated heterocycles. The van der Waals surface area contributed by atoms with Gasteiger partial charge >= 0.3 is 0 Å². The summed E-state index contributed by atoms with van der Waals surface area (Å²) in [6, 6.07) is 10.7. The van der Waals surface area contributed by atoms with E-state index in [0.717, 1.165) is 18.7 Å². The van der Waals surface area contributed by atoms with E-state index in [1.807, 2.05) is 18.2 Å². The van der Waals surface area contributed by atoms with Gasteiger partial charge in [-0.2, -0.15) is 0 Å². The van der Waals surface area contributed by atoms with Crippen LogP contribution in [0.15, 0.2) is 30.3 Å². The van der Waals surface area contributed by atoms with Gasteiger partial charge in [-0.15, -0.1) is 0 Å². The number of hydrogen-bond acceptors (Lipinski definition) is 3. The summed E-state index contributed by atoms with van der Waals surface area (Å²) in [5.74, 6) is 0. The van der Waals surface area contributed by atoms with Gasteiger partial charge in [0, 0.05) is 12.6 Å². The molecule has 2 atom stereocenters. The van der Waals surface area contributed by atoms with Gasteiger partial charge in [0.2, 0.25) is 0 Å². The molecule has 0 saturated carbocycles. The van der Waals surface area contributed by atoms with Crippen molar-refractivity contribution in [1.29, 1.82) is 0 Å². The Morgan fingerprint density at radius 1 is 1.38 bits per heavy atom. The third-order valence-electron chi connectivity index (χ3n) is 3.16. The number of nitrogens with one attached hydrogen (secondary N) is 2. The predicted octanol–water partition coefficient (Wildman–Crippen LogP) is 1.06. The molecule has 3 heteroatoms. The first-order valence-electron chi connectivity index (χ1n) is 6.02. The molecule has 1 fully saturated rings. The number of hydrogen-bond donors (Lipinski definition) is 3. The second-order valence-electron chi connectivity index (χ2n) is 4.35. The van der Waals surface area contributed by atoms with Crippen molar-refractivity contribution >= 4 is 0 Å². The zero-order chi connectivity index (χ0) is 11.2. The maximum absolute atomic E-state index is 9.37. The van der Waals surface area contributed by atoms with E-state index < -0.39 is 0 Å². The Morgan fingerprint density at radius 2 is 2.19 bits per heavy atom. The summed E-state index contributed by atoms with van der Waals surface area (Å²) in [5, 5.41) is 16.2. The van der Waals surface area contributed by atoms with Gasteiger partial charge in [0.25, 0.3) is 0 Å². The number of benzene rings is 1. The minimum absolute atomic E-state index is 0.0589. The predicted molar refractivity (Wildman–Crippen MR) is 65.3 cm³/mol. The van der Waals surface area contributed by atoms with Crippen LogP contribution in [0.4, 0.5) is 0 Å². The summed E-state index contributed by atoms with van der Waals surface area (Å²) in [6.45, 7) is 2.21. The standard InChI is InChI=1S/C13H20N2O/c16-10-13(11-5-2-1-3-6-11)15-9-12-7-4-8-14-12/h1-3,5-6,12-16H,4,7-10H2/t12?,13-/m1/s1. The minimum Gasteiger partial charge on any atom is -0.394 e. The minimum atomic E-state index is 0.0589. The fourth-order valence-electron chi connectivity index (χ4n) is 2.19. The first-order valence-corrected chi connectivity index (χ1v) is 6.02. The first kappa shape index (κ1) is 11.6. The van der Waals surface area contributed by atoms with Crippen LogP contribution >= 0.6 is 0 Å². The molecule has 0 radical (unpaired) electrons. The Morgan fingerprint density at radius 3 is 2.81 bits per heavy atom. The first-order chi connectivity index (χ1) is 7.90. The normalized spacial score (nSPS) is 22.2. The molecule has 0 amide bonds. The van der Waals surface area contributed by atoms with Crippen molar-refractivity contribution in [2.45, 2.75) is 24.9 Å². The van der Waals surface area contributed by atoms with Crippen molar-refractivity contribution < 1.29 is 5.11 Å². The molecule has 2 rings (SSSR count). The van der Waals surface area contributed by atoms with E-state index >= 15 is 0 Å². The maximum atomic E-state index is 9.37. The van der Waals surface area contributed by atoms with E-state index in [-0.39, 0.29) is 12.6 Å². The lowest BCUT2D eigenvalue weighted by Crippen LogP contribution is -2.37. The van der Waals surface area contributed by atoms with E-state index in [9.17, 15) is 5.11 Å². The van der Waals surface area contributed by atoms with Crippen LogP contribution < -0.4 is 10.6 Å². The number of rotatable bonds is 5. The lowest BCUT2D eigenvalue weighted by Gasteiger charge is -2.19. The molecule has 16 heavy (non-hydrogen) atoms. The third kappa shape index (κ3) is 3.04. The van der Waals surface area contributed by atoms with E-state index in [1.165, 1.54) is 12.8 Å². The van der Waals surface area contributed by atoms with Crippen LogP contribution in [0.2, 0.25) is 0 Å². The molecule has 0 spiro atoms. The van der Waals surface area contributed by atoms with Crippen molar-refractivity contribution in [3.05, 3.63) is 35.9 Å². The van der Waals surface area contributed by atoms with Crippen LogP contribution in [0, 0.1) is 0 Å². The van der Waals surface area contributed by atoms with Crippen LogP contribution in [0.3, 0.4) is 0 Å². The van der Waals surface area contributed by atoms with Crippen LogP contribution in [-0.4, -0.2) is 30.8 Å². The van der Waals surface area contributed by atoms with E-state index in [2.05, 4.69) is 22.8 Å². The molecule has 1 aliphatic rings. The highest BCUT2D eigenvalue weighted by atomic mass is 16.3. The molecule has 88 valence electrons. The van der Waals surface area contributed by atoms with E-state index in [4.69, 9.17) is 0 Å². The van der Waals surface area contributed by atoms with Crippen LogP contribution in [0.25, 0.3) is 0 Å². The molecule has 1 aromatic rings. The number of aliphatic hydroxyl groups is 1. The third-order valence-corrected chi connectivity index (χ3v) is 3.16. The van der Waals surface area contributed by atoms with Gasteiger partial charge in [-0.1, -0.05) is 30.3 Å². The Kier molecular flexibility index (Phi) is 4.34. The van der Waals surface area contributed by atoms with Gasteiger partial charge in [0.15, 0.2) is 0 Å². The summed E-state index contributed by atoms with van der Waals surface area (Å²) in [4.78, 5) is 0. The molecule has 1 heterocycles. The SMILES string of the molecule is OC[C@@H](NCC1CCCN1)c1ccccc1. The summed E-state index contributed by atoms with van der Waals surface area (Å²) in [7, 11) is 0. The second kappa shape index (κ2) is 5.99. The van der Waals surface area contributed by atoms with E-state index in [0.29, 0.717) is 6.04 Å². The molecule has 0 aliphatic carbocycles. The maximum Gasteiger partial charge on any atom is 0.0626 e. The molecular formula is C13H20N2O. The van der Waals surface area contributed by atoms with Gasteiger partial charge in [-0.05, 0) is 24.9 Å². The zero-order valence-corrected chi connectivity index (χ0v) is 9.52. The molecule has 0 aromatic heterocycles. The lowest BCUT2D eigenvalue weighted by molar-refractivity contribution is 0.241. The smallest absolute Gasteiger partial charge is 0.0626 e. The van der Waals surface area contributed by atoms with Gasteiger partial charge in [0.05, 0.1) is 12.6 Å². The molecule has 3 nitrogen and oxygen atoms in total. The monoisotopic (exact) mass is 220 g/mol. The molecule has 1 unspecified atom stereocenters. The summed E-state index contributed by atoms with van der Waals surface area (Å²) in [6.07, 6.45) is 2.50. The lowest BCUT2D eigenvalue weighted by atomic mass is 10.1. The summed E-state index contributed by atoms with van der Waals surface area (Å²) < 4.78 is 0. The van der Waals surface area contributed by atoms with Crippen LogP contribution in [0.5, 0.6) is 0 Å². The van der Waals surface area contributed by atoms with Crippen molar-refractivity contribution in [3.63, 3.8) is 0 Å². The quantitative estimate of drug-likeness (QED) is 0.695. The Bertz CT molecular complexity index is 296. The fourth-order valence-corrected chi connectivity index (χ4v) is 2.19. The highest BCUT2D eigenvalue weighted by molar-refractivity contribution is 5.18. The summed E-state index contributed by atoms with van der Waals surface area (Å²) >= 11 is 0. The van der Waals surface area contributed by atoms with Crippen molar-refractivity contribution in [1.82, 2.24) is 10.6 Å². The Balaban J connectivity index is 1.85. The molecular weight excluding hydrogens is 200 g/mol. The molecule has 0 bridgehead atoms.